The highest BCUT2D eigenvalue weighted by Crippen LogP contribution is 2.35. The van der Waals surface area contributed by atoms with Crippen molar-refractivity contribution in [2.24, 2.45) is 0 Å². The van der Waals surface area contributed by atoms with Crippen molar-refractivity contribution in [2.45, 2.75) is 38.9 Å². The van der Waals surface area contributed by atoms with Crippen molar-refractivity contribution < 1.29 is 18.0 Å². The fourth-order valence-electron chi connectivity index (χ4n) is 1.47. The van der Waals surface area contributed by atoms with Gasteiger partial charge in [-0.1, -0.05) is 13.0 Å². The number of carbonyl (C=O) groups excluding carboxylic acids is 1. The summed E-state index contributed by atoms with van der Waals surface area (Å²) in [6.07, 6.45) is -3.92. The van der Waals surface area contributed by atoms with E-state index < -0.39 is 28.9 Å². The van der Waals surface area contributed by atoms with Crippen LogP contribution < -0.4 is 11.1 Å². The first kappa shape index (κ1) is 15.3. The van der Waals surface area contributed by atoms with Gasteiger partial charge in [-0.15, -0.1) is 0 Å². The lowest BCUT2D eigenvalue weighted by Gasteiger charge is -2.25. The van der Waals surface area contributed by atoms with Gasteiger partial charge in [-0.2, -0.15) is 13.2 Å². The highest BCUT2D eigenvalue weighted by molar-refractivity contribution is 6.00. The van der Waals surface area contributed by atoms with Crippen LogP contribution in [0, 0.1) is 0 Å². The van der Waals surface area contributed by atoms with Gasteiger partial charge in [-0.25, -0.2) is 0 Å². The van der Waals surface area contributed by atoms with Crippen molar-refractivity contribution >= 4 is 11.6 Å². The molecule has 106 valence electrons. The van der Waals surface area contributed by atoms with E-state index in [9.17, 15) is 18.0 Å². The molecule has 0 saturated carbocycles. The van der Waals surface area contributed by atoms with Crippen LogP contribution in [0.15, 0.2) is 18.2 Å². The monoisotopic (exact) mass is 274 g/mol. The fraction of sp³-hybridized carbons (Fsp3) is 0.462. The number of carbonyl (C=O) groups is 1. The molecule has 3 nitrogen and oxygen atoms in total. The van der Waals surface area contributed by atoms with Crippen LogP contribution in [0.3, 0.4) is 0 Å². The van der Waals surface area contributed by atoms with E-state index in [-0.39, 0.29) is 5.56 Å². The molecule has 1 aromatic carbocycles. The number of para-hydroxylation sites is 1. The predicted octanol–water partition coefficient (Wildman–Crippen LogP) is 3.21. The fourth-order valence-corrected chi connectivity index (χ4v) is 1.47. The zero-order valence-electron chi connectivity index (χ0n) is 11.1. The molecule has 1 aromatic rings. The third-order valence-corrected chi connectivity index (χ3v) is 2.99. The zero-order chi connectivity index (χ0) is 14.8. The zero-order valence-corrected chi connectivity index (χ0v) is 11.1. The minimum absolute atomic E-state index is 0.156. The molecule has 0 saturated heterocycles. The topological polar surface area (TPSA) is 55.1 Å². The van der Waals surface area contributed by atoms with Gasteiger partial charge in [0.05, 0.1) is 16.8 Å². The molecule has 0 radical (unpaired) electrons. The van der Waals surface area contributed by atoms with Crippen molar-refractivity contribution in [1.82, 2.24) is 5.32 Å². The second-order valence-corrected chi connectivity index (χ2v) is 4.96. The molecule has 0 atom stereocenters. The molecule has 0 bridgehead atoms. The van der Waals surface area contributed by atoms with E-state index in [4.69, 9.17) is 5.73 Å². The Hall–Kier alpha value is -1.72. The number of nitrogens with one attached hydrogen (secondary N) is 1. The Kier molecular flexibility index (Phi) is 4.12. The number of nitrogen functional groups attached to an aromatic ring is 1. The van der Waals surface area contributed by atoms with E-state index in [0.29, 0.717) is 6.42 Å². The summed E-state index contributed by atoms with van der Waals surface area (Å²) in [5.74, 6) is -0.601. The summed E-state index contributed by atoms with van der Waals surface area (Å²) >= 11 is 0. The maximum Gasteiger partial charge on any atom is 0.418 e. The number of halogens is 3. The maximum absolute atomic E-state index is 12.7. The normalized spacial score (nSPS) is 12.3. The number of rotatable bonds is 3. The molecule has 0 aliphatic rings. The van der Waals surface area contributed by atoms with Crippen LogP contribution in [0.4, 0.5) is 18.9 Å². The molecule has 1 amide bonds. The van der Waals surface area contributed by atoms with Crippen LogP contribution >= 0.6 is 0 Å². The largest absolute Gasteiger partial charge is 0.418 e. The second-order valence-electron chi connectivity index (χ2n) is 4.96. The van der Waals surface area contributed by atoms with Gasteiger partial charge in [0.25, 0.3) is 5.91 Å². The van der Waals surface area contributed by atoms with E-state index >= 15 is 0 Å². The highest BCUT2D eigenvalue weighted by Gasteiger charge is 2.34. The van der Waals surface area contributed by atoms with Crippen molar-refractivity contribution in [3.8, 4) is 0 Å². The van der Waals surface area contributed by atoms with Crippen molar-refractivity contribution in [3.63, 3.8) is 0 Å². The first-order valence-corrected chi connectivity index (χ1v) is 5.86. The Balaban J connectivity index is 3.13. The first-order chi connectivity index (χ1) is 8.58. The van der Waals surface area contributed by atoms with Crippen LogP contribution in [-0.4, -0.2) is 11.4 Å². The van der Waals surface area contributed by atoms with E-state index in [1.54, 1.807) is 13.8 Å². The average molecular weight is 274 g/mol. The van der Waals surface area contributed by atoms with Crippen LogP contribution in [-0.2, 0) is 6.18 Å². The van der Waals surface area contributed by atoms with E-state index in [1.807, 2.05) is 6.92 Å². The van der Waals surface area contributed by atoms with Gasteiger partial charge in [-0.3, -0.25) is 4.79 Å². The summed E-state index contributed by atoms with van der Waals surface area (Å²) in [4.78, 5) is 12.0. The molecule has 6 heteroatoms. The molecule has 0 aromatic heterocycles. The lowest BCUT2D eigenvalue weighted by atomic mass is 10.00. The second kappa shape index (κ2) is 5.11. The first-order valence-electron chi connectivity index (χ1n) is 5.86. The van der Waals surface area contributed by atoms with Gasteiger partial charge in [0.1, 0.15) is 0 Å². The minimum Gasteiger partial charge on any atom is -0.398 e. The molecular formula is C13H17F3N2O. The van der Waals surface area contributed by atoms with Crippen molar-refractivity contribution in [1.29, 1.82) is 0 Å². The molecular weight excluding hydrogens is 257 g/mol. The molecule has 0 spiro atoms. The maximum atomic E-state index is 12.7. The number of nitrogens with two attached hydrogens (primary N) is 1. The van der Waals surface area contributed by atoms with Crippen molar-refractivity contribution in [2.75, 3.05) is 5.73 Å². The Morgan fingerprint density at radius 2 is 1.89 bits per heavy atom. The number of alkyl halides is 3. The number of benzene rings is 1. The molecule has 0 aliphatic heterocycles. The Bertz CT molecular complexity index is 481. The van der Waals surface area contributed by atoms with Crippen molar-refractivity contribution in [3.05, 3.63) is 29.3 Å². The summed E-state index contributed by atoms with van der Waals surface area (Å²) < 4.78 is 38.1. The molecule has 0 aliphatic carbocycles. The van der Waals surface area contributed by atoms with Gasteiger partial charge in [0.2, 0.25) is 0 Å². The molecule has 0 heterocycles. The number of anilines is 1. The van der Waals surface area contributed by atoms with Crippen LogP contribution in [0.2, 0.25) is 0 Å². The smallest absolute Gasteiger partial charge is 0.398 e. The SMILES string of the molecule is CCC(C)(C)NC(=O)c1cccc(C(F)(F)F)c1N. The molecule has 0 fully saturated rings. The lowest BCUT2D eigenvalue weighted by Crippen LogP contribution is -2.43. The van der Waals surface area contributed by atoms with Gasteiger partial charge >= 0.3 is 6.18 Å². The highest BCUT2D eigenvalue weighted by atomic mass is 19.4. The summed E-state index contributed by atoms with van der Waals surface area (Å²) in [7, 11) is 0. The standard InChI is InChI=1S/C13H17F3N2O/c1-4-12(2,3)18-11(19)8-6-5-7-9(10(8)17)13(14,15)16/h5-7H,4,17H2,1-3H3,(H,18,19). The third-order valence-electron chi connectivity index (χ3n) is 2.99. The van der Waals surface area contributed by atoms with Crippen LogP contribution in [0.5, 0.6) is 0 Å². The van der Waals surface area contributed by atoms with Gasteiger partial charge < -0.3 is 11.1 Å². The van der Waals surface area contributed by atoms with Gasteiger partial charge in [0, 0.05) is 5.54 Å². The third kappa shape index (κ3) is 3.62. The van der Waals surface area contributed by atoms with E-state index in [2.05, 4.69) is 5.32 Å². The predicted molar refractivity (Wildman–Crippen MR) is 67.7 cm³/mol. The minimum atomic E-state index is -4.57. The number of amides is 1. The average Bonchev–Trinajstić information content (AvgIpc) is 2.27. The Labute approximate surface area is 110 Å². The van der Waals surface area contributed by atoms with Gasteiger partial charge in [0.15, 0.2) is 0 Å². The molecule has 1 rings (SSSR count). The van der Waals surface area contributed by atoms with Gasteiger partial charge in [-0.05, 0) is 32.4 Å². The van der Waals surface area contributed by atoms with Crippen LogP contribution in [0.25, 0.3) is 0 Å². The number of hydrogen-bond acceptors (Lipinski definition) is 2. The number of hydrogen-bond donors (Lipinski definition) is 2. The Morgan fingerprint density at radius 3 is 2.37 bits per heavy atom. The van der Waals surface area contributed by atoms with Crippen LogP contribution in [0.1, 0.15) is 43.1 Å². The summed E-state index contributed by atoms with van der Waals surface area (Å²) in [5.41, 5.74) is 3.26. The summed E-state index contributed by atoms with van der Waals surface area (Å²) in [5, 5.41) is 2.66. The summed E-state index contributed by atoms with van der Waals surface area (Å²) in [6.45, 7) is 5.44. The Morgan fingerprint density at radius 1 is 1.32 bits per heavy atom. The lowest BCUT2D eigenvalue weighted by molar-refractivity contribution is -0.136. The molecule has 0 unspecified atom stereocenters. The summed E-state index contributed by atoms with van der Waals surface area (Å²) in [6, 6.07) is 3.32. The quantitative estimate of drug-likeness (QED) is 0.832. The van der Waals surface area contributed by atoms with E-state index in [1.165, 1.54) is 12.1 Å². The molecule has 3 N–H and O–H groups in total. The molecule has 19 heavy (non-hydrogen) atoms. The van der Waals surface area contributed by atoms with E-state index in [0.717, 1.165) is 6.07 Å².